The molecule has 1 rings (SSSR count). The summed E-state index contributed by atoms with van der Waals surface area (Å²) in [7, 11) is 0. The van der Waals surface area contributed by atoms with Crippen LogP contribution in [0.5, 0.6) is 0 Å². The van der Waals surface area contributed by atoms with Crippen LogP contribution in [0.4, 0.5) is 0 Å². The highest BCUT2D eigenvalue weighted by molar-refractivity contribution is 6.02. The smallest absolute Gasteiger partial charge is 0.163 e. The Labute approximate surface area is 67.8 Å². The largest absolute Gasteiger partial charge is 0.294 e. The van der Waals surface area contributed by atoms with Crippen LogP contribution in [0.2, 0.25) is 0 Å². The summed E-state index contributed by atoms with van der Waals surface area (Å²) in [5.41, 5.74) is 2.20. The van der Waals surface area contributed by atoms with Crippen molar-refractivity contribution in [3.63, 3.8) is 0 Å². The van der Waals surface area contributed by atoms with Crippen LogP contribution in [-0.4, -0.2) is 5.78 Å². The molecule has 1 aliphatic carbocycles. The Balaban J connectivity index is 2.86. The number of carbonyl (C=O) groups is 1. The fourth-order valence-corrected chi connectivity index (χ4v) is 1.50. The molecule has 1 saturated carbocycles. The van der Waals surface area contributed by atoms with Crippen molar-refractivity contribution in [2.75, 3.05) is 0 Å². The van der Waals surface area contributed by atoms with Gasteiger partial charge in [-0.2, -0.15) is 0 Å². The summed E-state index contributed by atoms with van der Waals surface area (Å²) in [6.45, 7) is 4.03. The number of hydrogen-bond donors (Lipinski definition) is 0. The van der Waals surface area contributed by atoms with Crippen LogP contribution in [0.25, 0.3) is 0 Å². The van der Waals surface area contributed by atoms with Crippen LogP contribution in [-0.2, 0) is 4.79 Å². The van der Waals surface area contributed by atoms with E-state index in [-0.39, 0.29) is 0 Å². The fourth-order valence-electron chi connectivity index (χ4n) is 1.50. The van der Waals surface area contributed by atoms with E-state index >= 15 is 0 Å². The molecule has 0 aromatic heterocycles. The molecule has 11 heavy (non-hydrogen) atoms. The zero-order valence-corrected chi connectivity index (χ0v) is 7.18. The Hall–Kier alpha value is -0.850. The molecule has 0 spiro atoms. The summed E-state index contributed by atoms with van der Waals surface area (Å²) < 4.78 is 0. The number of carbonyl (C=O) groups excluding carboxylic acids is 1. The molecule has 1 aliphatic rings. The van der Waals surface area contributed by atoms with Crippen molar-refractivity contribution in [3.8, 4) is 0 Å². The summed E-state index contributed by atoms with van der Waals surface area (Å²) >= 11 is 0. The summed E-state index contributed by atoms with van der Waals surface area (Å²) in [5, 5.41) is 0. The van der Waals surface area contributed by atoms with Crippen molar-refractivity contribution >= 4 is 5.78 Å². The second-order valence-electron chi connectivity index (χ2n) is 2.76. The fraction of sp³-hybridized carbons (Fsp3) is 0.500. The van der Waals surface area contributed by atoms with E-state index in [1.54, 1.807) is 0 Å². The number of ketones is 1. The van der Waals surface area contributed by atoms with E-state index in [1.165, 1.54) is 5.57 Å². The third-order valence-corrected chi connectivity index (χ3v) is 2.01. The molecule has 0 N–H and O–H groups in total. The standard InChI is InChI=1S/C10H14O/c1-3-5-8-6-7-10(11)9(8)4-2/h4-5H,3,6-7H2,1-2H3/b8-5-,9-4+. The third kappa shape index (κ3) is 1.59. The van der Waals surface area contributed by atoms with Crippen LogP contribution in [0.1, 0.15) is 33.1 Å². The molecule has 0 saturated heterocycles. The van der Waals surface area contributed by atoms with Crippen molar-refractivity contribution in [2.24, 2.45) is 0 Å². The van der Waals surface area contributed by atoms with E-state index in [0.29, 0.717) is 12.2 Å². The van der Waals surface area contributed by atoms with Gasteiger partial charge in [-0.3, -0.25) is 4.79 Å². The van der Waals surface area contributed by atoms with E-state index in [2.05, 4.69) is 13.0 Å². The van der Waals surface area contributed by atoms with E-state index < -0.39 is 0 Å². The maximum Gasteiger partial charge on any atom is 0.163 e. The van der Waals surface area contributed by atoms with Crippen LogP contribution in [0.15, 0.2) is 23.3 Å². The van der Waals surface area contributed by atoms with Gasteiger partial charge in [0.25, 0.3) is 0 Å². The van der Waals surface area contributed by atoms with Crippen LogP contribution >= 0.6 is 0 Å². The molecule has 60 valence electrons. The Morgan fingerprint density at radius 3 is 2.73 bits per heavy atom. The molecule has 0 bridgehead atoms. The number of hydrogen-bond acceptors (Lipinski definition) is 1. The van der Waals surface area contributed by atoms with Gasteiger partial charge in [0.05, 0.1) is 0 Å². The summed E-state index contributed by atoms with van der Waals surface area (Å²) in [6, 6.07) is 0. The number of allylic oxidation sites excluding steroid dienone is 4. The molecule has 1 heteroatoms. The van der Waals surface area contributed by atoms with Gasteiger partial charge in [-0.05, 0) is 25.3 Å². The molecule has 0 aromatic carbocycles. The van der Waals surface area contributed by atoms with E-state index in [1.807, 2.05) is 13.0 Å². The lowest BCUT2D eigenvalue weighted by molar-refractivity contribution is -0.114. The third-order valence-electron chi connectivity index (χ3n) is 2.01. The SMILES string of the molecule is C/C=C1/C(=O)CC/C1=C/CC. The molecule has 1 fully saturated rings. The topological polar surface area (TPSA) is 17.1 Å². The maximum absolute atomic E-state index is 11.2. The molecule has 0 heterocycles. The van der Waals surface area contributed by atoms with Crippen LogP contribution in [0, 0.1) is 0 Å². The first-order valence-electron chi connectivity index (χ1n) is 4.18. The lowest BCUT2D eigenvalue weighted by Crippen LogP contribution is -1.91. The van der Waals surface area contributed by atoms with Gasteiger partial charge in [-0.1, -0.05) is 19.1 Å². The average Bonchev–Trinajstić information content (AvgIpc) is 2.33. The molecule has 0 aliphatic heterocycles. The molecule has 1 nitrogen and oxygen atoms in total. The van der Waals surface area contributed by atoms with Crippen molar-refractivity contribution in [3.05, 3.63) is 23.3 Å². The Bertz CT molecular complexity index is 221. The zero-order chi connectivity index (χ0) is 8.27. The molecular weight excluding hydrogens is 136 g/mol. The first kappa shape index (κ1) is 8.25. The maximum atomic E-state index is 11.2. The second kappa shape index (κ2) is 3.51. The van der Waals surface area contributed by atoms with Gasteiger partial charge < -0.3 is 0 Å². The van der Waals surface area contributed by atoms with Crippen molar-refractivity contribution in [1.29, 1.82) is 0 Å². The second-order valence-corrected chi connectivity index (χ2v) is 2.76. The first-order chi connectivity index (χ1) is 5.29. The van der Waals surface area contributed by atoms with Crippen LogP contribution < -0.4 is 0 Å². The molecule has 0 radical (unpaired) electrons. The number of Topliss-reactive ketones (excluding diaryl/α,β-unsaturated/α-hetero) is 1. The van der Waals surface area contributed by atoms with Gasteiger partial charge in [0.15, 0.2) is 5.78 Å². The minimum absolute atomic E-state index is 0.312. The average molecular weight is 150 g/mol. The minimum atomic E-state index is 0.312. The molecular formula is C10H14O. The normalized spacial score (nSPS) is 25.5. The zero-order valence-electron chi connectivity index (χ0n) is 7.18. The summed E-state index contributed by atoms with van der Waals surface area (Å²) in [5.74, 6) is 0.312. The Morgan fingerprint density at radius 2 is 2.18 bits per heavy atom. The highest BCUT2D eigenvalue weighted by Crippen LogP contribution is 2.27. The van der Waals surface area contributed by atoms with Crippen LogP contribution in [0.3, 0.4) is 0 Å². The van der Waals surface area contributed by atoms with Gasteiger partial charge in [-0.15, -0.1) is 0 Å². The van der Waals surface area contributed by atoms with Crippen molar-refractivity contribution < 1.29 is 4.79 Å². The Morgan fingerprint density at radius 1 is 1.45 bits per heavy atom. The lowest BCUT2D eigenvalue weighted by atomic mass is 10.1. The minimum Gasteiger partial charge on any atom is -0.294 e. The predicted octanol–water partition coefficient (Wildman–Crippen LogP) is 2.63. The first-order valence-corrected chi connectivity index (χ1v) is 4.18. The van der Waals surface area contributed by atoms with E-state index in [4.69, 9.17) is 0 Å². The Kier molecular flexibility index (Phi) is 2.64. The van der Waals surface area contributed by atoms with Gasteiger partial charge in [-0.25, -0.2) is 0 Å². The summed E-state index contributed by atoms with van der Waals surface area (Å²) in [4.78, 5) is 11.2. The van der Waals surface area contributed by atoms with E-state index in [9.17, 15) is 4.79 Å². The van der Waals surface area contributed by atoms with Crippen molar-refractivity contribution in [2.45, 2.75) is 33.1 Å². The van der Waals surface area contributed by atoms with Gasteiger partial charge in [0.1, 0.15) is 0 Å². The molecule has 0 aromatic rings. The van der Waals surface area contributed by atoms with Crippen molar-refractivity contribution in [1.82, 2.24) is 0 Å². The lowest BCUT2D eigenvalue weighted by Gasteiger charge is -1.95. The predicted molar refractivity (Wildman–Crippen MR) is 46.4 cm³/mol. The highest BCUT2D eigenvalue weighted by atomic mass is 16.1. The molecule has 0 amide bonds. The van der Waals surface area contributed by atoms with E-state index in [0.717, 1.165) is 18.4 Å². The van der Waals surface area contributed by atoms with Gasteiger partial charge in [0, 0.05) is 12.0 Å². The highest BCUT2D eigenvalue weighted by Gasteiger charge is 2.20. The van der Waals surface area contributed by atoms with Gasteiger partial charge >= 0.3 is 0 Å². The summed E-state index contributed by atoms with van der Waals surface area (Å²) in [6.07, 6.45) is 6.77. The van der Waals surface area contributed by atoms with Gasteiger partial charge in [0.2, 0.25) is 0 Å². The monoisotopic (exact) mass is 150 g/mol. The quantitative estimate of drug-likeness (QED) is 0.525. The molecule has 0 atom stereocenters. The number of rotatable bonds is 1. The molecule has 0 unspecified atom stereocenters.